The highest BCUT2D eigenvalue weighted by molar-refractivity contribution is 5.94. The van der Waals surface area contributed by atoms with Gasteiger partial charge in [-0.2, -0.15) is 0 Å². The van der Waals surface area contributed by atoms with Crippen molar-refractivity contribution in [3.63, 3.8) is 0 Å². The Morgan fingerprint density at radius 2 is 1.96 bits per heavy atom. The van der Waals surface area contributed by atoms with Crippen molar-refractivity contribution in [3.05, 3.63) is 24.3 Å². The van der Waals surface area contributed by atoms with Gasteiger partial charge in [-0.05, 0) is 64.4 Å². The molecule has 6 nitrogen and oxygen atoms in total. The second kappa shape index (κ2) is 9.42. The summed E-state index contributed by atoms with van der Waals surface area (Å²) in [6.45, 7) is 8.00. The standard InChI is InChI=1S/C19H28N2O4/c1-4-24-17-10-8-16(9-11-17)20-18(22)14(3)21-12-6-7-15(13-21)19(23)25-5-2/h8-11,14-15H,4-7,12-13H2,1-3H3,(H,20,22)/t14-,15-/m0/s1. The first-order valence-corrected chi connectivity index (χ1v) is 8.99. The van der Waals surface area contributed by atoms with Crippen LogP contribution in [0.4, 0.5) is 5.69 Å². The van der Waals surface area contributed by atoms with E-state index in [1.54, 1.807) is 0 Å². The number of amides is 1. The first kappa shape index (κ1) is 19.2. The van der Waals surface area contributed by atoms with Gasteiger partial charge in [0.15, 0.2) is 0 Å². The van der Waals surface area contributed by atoms with Gasteiger partial charge >= 0.3 is 5.97 Å². The minimum Gasteiger partial charge on any atom is -0.494 e. The Hall–Kier alpha value is -2.08. The normalized spacial score (nSPS) is 19.1. The van der Waals surface area contributed by atoms with Crippen LogP contribution in [0.5, 0.6) is 5.75 Å². The molecule has 1 heterocycles. The molecule has 0 aromatic heterocycles. The van der Waals surface area contributed by atoms with Crippen LogP contribution < -0.4 is 10.1 Å². The summed E-state index contributed by atoms with van der Waals surface area (Å²) in [7, 11) is 0. The molecular weight excluding hydrogens is 320 g/mol. The molecule has 0 saturated carbocycles. The quantitative estimate of drug-likeness (QED) is 0.768. The Morgan fingerprint density at radius 3 is 2.60 bits per heavy atom. The highest BCUT2D eigenvalue weighted by atomic mass is 16.5. The number of anilines is 1. The van der Waals surface area contributed by atoms with Gasteiger partial charge in [0, 0.05) is 12.2 Å². The van der Waals surface area contributed by atoms with Gasteiger partial charge in [-0.1, -0.05) is 0 Å². The molecule has 0 aliphatic carbocycles. The summed E-state index contributed by atoms with van der Waals surface area (Å²) in [6, 6.07) is 7.02. The molecule has 0 bridgehead atoms. The zero-order chi connectivity index (χ0) is 18.2. The van der Waals surface area contributed by atoms with E-state index >= 15 is 0 Å². The molecule has 1 amide bonds. The van der Waals surface area contributed by atoms with Crippen LogP contribution in [0.1, 0.15) is 33.6 Å². The minimum atomic E-state index is -0.302. The number of benzene rings is 1. The third-order valence-corrected chi connectivity index (χ3v) is 4.43. The fraction of sp³-hybridized carbons (Fsp3) is 0.579. The van der Waals surface area contributed by atoms with Crippen LogP contribution in [0.3, 0.4) is 0 Å². The minimum absolute atomic E-state index is 0.0753. The summed E-state index contributed by atoms with van der Waals surface area (Å²) in [4.78, 5) is 26.5. The van der Waals surface area contributed by atoms with E-state index in [9.17, 15) is 9.59 Å². The number of nitrogens with zero attached hydrogens (tertiary/aromatic N) is 1. The Kier molecular flexibility index (Phi) is 7.25. The van der Waals surface area contributed by atoms with Crippen LogP contribution in [0.15, 0.2) is 24.3 Å². The summed E-state index contributed by atoms with van der Waals surface area (Å²) in [5, 5.41) is 2.93. The second-order valence-electron chi connectivity index (χ2n) is 6.21. The van der Waals surface area contributed by atoms with Crippen molar-refractivity contribution in [3.8, 4) is 5.75 Å². The summed E-state index contributed by atoms with van der Waals surface area (Å²) in [5.41, 5.74) is 0.735. The average molecular weight is 348 g/mol. The fourth-order valence-corrected chi connectivity index (χ4v) is 3.02. The fourth-order valence-electron chi connectivity index (χ4n) is 3.02. The number of likely N-dealkylation sites (tertiary alicyclic amines) is 1. The molecule has 1 aromatic carbocycles. The van der Waals surface area contributed by atoms with Gasteiger partial charge < -0.3 is 14.8 Å². The van der Waals surface area contributed by atoms with E-state index in [1.165, 1.54) is 0 Å². The number of carbonyl (C=O) groups excluding carboxylic acids is 2. The Balaban J connectivity index is 1.91. The molecule has 1 N–H and O–H groups in total. The zero-order valence-corrected chi connectivity index (χ0v) is 15.3. The molecule has 2 rings (SSSR count). The molecule has 2 atom stereocenters. The second-order valence-corrected chi connectivity index (χ2v) is 6.21. The number of esters is 1. The summed E-state index contributed by atoms with van der Waals surface area (Å²) < 4.78 is 10.5. The van der Waals surface area contributed by atoms with E-state index in [0.29, 0.717) is 19.8 Å². The number of piperidine rings is 1. The van der Waals surface area contributed by atoms with Gasteiger partial charge in [0.25, 0.3) is 0 Å². The van der Waals surface area contributed by atoms with Crippen molar-refractivity contribution in [2.24, 2.45) is 5.92 Å². The van der Waals surface area contributed by atoms with E-state index in [4.69, 9.17) is 9.47 Å². The van der Waals surface area contributed by atoms with Crippen molar-refractivity contribution >= 4 is 17.6 Å². The maximum atomic E-state index is 12.5. The summed E-state index contributed by atoms with van der Waals surface area (Å²) >= 11 is 0. The number of rotatable bonds is 7. The highest BCUT2D eigenvalue weighted by Gasteiger charge is 2.31. The van der Waals surface area contributed by atoms with Crippen LogP contribution in [-0.2, 0) is 14.3 Å². The summed E-state index contributed by atoms with van der Waals surface area (Å²) in [5.74, 6) is 0.399. The number of ether oxygens (including phenoxy) is 2. The molecule has 1 aromatic rings. The van der Waals surface area contributed by atoms with Gasteiger partial charge in [0.05, 0.1) is 25.2 Å². The predicted molar refractivity (Wildman–Crippen MR) is 96.6 cm³/mol. The third kappa shape index (κ3) is 5.46. The lowest BCUT2D eigenvalue weighted by Crippen LogP contribution is -2.48. The van der Waals surface area contributed by atoms with Crippen molar-refractivity contribution in [1.29, 1.82) is 0 Å². The number of hydrogen-bond donors (Lipinski definition) is 1. The third-order valence-electron chi connectivity index (χ3n) is 4.43. The van der Waals surface area contributed by atoms with Crippen LogP contribution in [0.2, 0.25) is 0 Å². The smallest absolute Gasteiger partial charge is 0.310 e. The molecule has 138 valence electrons. The van der Waals surface area contributed by atoms with E-state index in [2.05, 4.69) is 10.2 Å². The Bertz CT molecular complexity index is 573. The SMILES string of the molecule is CCOC(=O)[C@H]1CCCN([C@@H](C)C(=O)Nc2ccc(OCC)cc2)C1. The van der Waals surface area contributed by atoms with Crippen molar-refractivity contribution < 1.29 is 19.1 Å². The van der Waals surface area contributed by atoms with Crippen molar-refractivity contribution in [2.75, 3.05) is 31.6 Å². The number of carbonyl (C=O) groups is 2. The molecule has 0 spiro atoms. The van der Waals surface area contributed by atoms with E-state index < -0.39 is 0 Å². The van der Waals surface area contributed by atoms with Crippen molar-refractivity contribution in [1.82, 2.24) is 4.90 Å². The van der Waals surface area contributed by atoms with Gasteiger partial charge in [-0.15, -0.1) is 0 Å². The van der Waals surface area contributed by atoms with Gasteiger partial charge in [0.1, 0.15) is 5.75 Å². The zero-order valence-electron chi connectivity index (χ0n) is 15.3. The first-order valence-electron chi connectivity index (χ1n) is 8.99. The van der Waals surface area contributed by atoms with E-state index in [0.717, 1.165) is 30.8 Å². The first-order chi connectivity index (χ1) is 12.0. The molecule has 0 unspecified atom stereocenters. The molecular formula is C19H28N2O4. The van der Waals surface area contributed by atoms with Crippen LogP contribution >= 0.6 is 0 Å². The Labute approximate surface area is 149 Å². The monoisotopic (exact) mass is 348 g/mol. The maximum Gasteiger partial charge on any atom is 0.310 e. The molecule has 1 fully saturated rings. The van der Waals surface area contributed by atoms with Crippen LogP contribution in [0.25, 0.3) is 0 Å². The average Bonchev–Trinajstić information content (AvgIpc) is 2.63. The predicted octanol–water partition coefficient (Wildman–Crippen LogP) is 2.69. The molecule has 1 saturated heterocycles. The number of nitrogens with one attached hydrogen (secondary N) is 1. The van der Waals surface area contributed by atoms with Crippen LogP contribution in [0, 0.1) is 5.92 Å². The van der Waals surface area contributed by atoms with E-state index in [1.807, 2.05) is 45.0 Å². The molecule has 1 aliphatic rings. The molecule has 6 heteroatoms. The lowest BCUT2D eigenvalue weighted by molar-refractivity contribution is -0.150. The number of hydrogen-bond acceptors (Lipinski definition) is 5. The molecule has 25 heavy (non-hydrogen) atoms. The van der Waals surface area contributed by atoms with Crippen LogP contribution in [-0.4, -0.2) is 49.1 Å². The Morgan fingerprint density at radius 1 is 1.24 bits per heavy atom. The maximum absolute atomic E-state index is 12.5. The van der Waals surface area contributed by atoms with Gasteiger partial charge in [-0.3, -0.25) is 14.5 Å². The van der Waals surface area contributed by atoms with E-state index in [-0.39, 0.29) is 23.8 Å². The topological polar surface area (TPSA) is 67.9 Å². The lowest BCUT2D eigenvalue weighted by Gasteiger charge is -2.35. The van der Waals surface area contributed by atoms with Gasteiger partial charge in [0.2, 0.25) is 5.91 Å². The molecule has 0 radical (unpaired) electrons. The lowest BCUT2D eigenvalue weighted by atomic mass is 9.97. The highest BCUT2D eigenvalue weighted by Crippen LogP contribution is 2.21. The molecule has 1 aliphatic heterocycles. The summed E-state index contributed by atoms with van der Waals surface area (Å²) in [6.07, 6.45) is 1.71. The van der Waals surface area contributed by atoms with Gasteiger partial charge in [-0.25, -0.2) is 0 Å². The largest absolute Gasteiger partial charge is 0.494 e. The van der Waals surface area contributed by atoms with Crippen molar-refractivity contribution in [2.45, 2.75) is 39.7 Å².